The van der Waals surface area contributed by atoms with Crippen LogP contribution in [0.5, 0.6) is 11.5 Å². The number of nitriles is 1. The maximum atomic E-state index is 12.8. The van der Waals surface area contributed by atoms with Gasteiger partial charge in [0.2, 0.25) is 9.84 Å². The first-order valence-corrected chi connectivity index (χ1v) is 9.42. The first kappa shape index (κ1) is 17.8. The van der Waals surface area contributed by atoms with Gasteiger partial charge in [0.25, 0.3) is 0 Å². The van der Waals surface area contributed by atoms with Crippen LogP contribution in [-0.4, -0.2) is 21.6 Å². The van der Waals surface area contributed by atoms with Gasteiger partial charge in [-0.2, -0.15) is 5.26 Å². The normalized spacial score (nSPS) is 16.7. The molecule has 5 nitrogen and oxygen atoms in total. The maximum Gasteiger partial charge on any atom is 0.216 e. The average Bonchev–Trinajstić information content (AvgIpc) is 2.66. The summed E-state index contributed by atoms with van der Waals surface area (Å²) in [6.45, 7) is 1.81. The van der Waals surface area contributed by atoms with E-state index in [1.165, 1.54) is 25.3 Å². The Bertz CT molecular complexity index is 1030. The highest BCUT2D eigenvalue weighted by atomic mass is 32.2. The number of nitrogens with zero attached hydrogens (tertiary/aromatic N) is 1. The van der Waals surface area contributed by atoms with Gasteiger partial charge < -0.3 is 9.47 Å². The van der Waals surface area contributed by atoms with Crippen LogP contribution in [0.2, 0.25) is 0 Å². The van der Waals surface area contributed by atoms with E-state index in [1.54, 1.807) is 18.2 Å². The molecule has 0 radical (unpaired) electrons. The fraction of sp³-hybridized carbons (Fsp3) is 0.150. The summed E-state index contributed by atoms with van der Waals surface area (Å²) in [6.07, 6.45) is 2.85. The monoisotopic (exact) mass is 367 g/mol. The molecule has 3 rings (SSSR count). The molecule has 26 heavy (non-hydrogen) atoms. The quantitative estimate of drug-likeness (QED) is 0.770. The number of fused-ring (bicyclic) bond motifs is 1. The van der Waals surface area contributed by atoms with E-state index in [2.05, 4.69) is 0 Å². The molecule has 0 aromatic heterocycles. The van der Waals surface area contributed by atoms with Crippen LogP contribution in [0.15, 0.2) is 70.0 Å². The minimum atomic E-state index is -3.93. The lowest BCUT2D eigenvalue weighted by Crippen LogP contribution is -2.18. The van der Waals surface area contributed by atoms with Crippen LogP contribution >= 0.6 is 0 Å². The predicted molar refractivity (Wildman–Crippen MR) is 98.4 cm³/mol. The van der Waals surface area contributed by atoms with Gasteiger partial charge >= 0.3 is 0 Å². The Morgan fingerprint density at radius 1 is 1.19 bits per heavy atom. The van der Waals surface area contributed by atoms with Crippen LogP contribution in [0.1, 0.15) is 12.5 Å². The molecule has 0 bridgehead atoms. The van der Waals surface area contributed by atoms with Crippen molar-refractivity contribution in [2.45, 2.75) is 17.9 Å². The van der Waals surface area contributed by atoms with Gasteiger partial charge in [-0.15, -0.1) is 0 Å². The van der Waals surface area contributed by atoms with Crippen LogP contribution in [0.25, 0.3) is 6.08 Å². The van der Waals surface area contributed by atoms with Crippen molar-refractivity contribution in [1.29, 1.82) is 5.26 Å². The fourth-order valence-electron chi connectivity index (χ4n) is 2.62. The molecular weight excluding hydrogens is 350 g/mol. The number of hydrogen-bond donors (Lipinski definition) is 0. The maximum absolute atomic E-state index is 12.8. The number of sulfone groups is 1. The molecule has 0 saturated heterocycles. The van der Waals surface area contributed by atoms with Crippen molar-refractivity contribution in [3.8, 4) is 17.6 Å². The Labute approximate surface area is 152 Å². The molecule has 0 saturated carbocycles. The lowest BCUT2D eigenvalue weighted by Gasteiger charge is -2.23. The van der Waals surface area contributed by atoms with Crippen LogP contribution < -0.4 is 9.47 Å². The largest absolute Gasteiger partial charge is 0.497 e. The van der Waals surface area contributed by atoms with E-state index >= 15 is 0 Å². The molecule has 2 aromatic carbocycles. The predicted octanol–water partition coefficient (Wildman–Crippen LogP) is 3.74. The lowest BCUT2D eigenvalue weighted by molar-refractivity contribution is 0.257. The molecule has 0 unspecified atom stereocenters. The fourth-order valence-corrected chi connectivity index (χ4v) is 3.78. The van der Waals surface area contributed by atoms with E-state index in [0.29, 0.717) is 11.3 Å². The third kappa shape index (κ3) is 3.35. The molecule has 1 aliphatic rings. The zero-order chi connectivity index (χ0) is 18.7. The second-order valence-electron chi connectivity index (χ2n) is 5.74. The number of ether oxygens (including phenoxy) is 2. The first-order valence-electron chi connectivity index (χ1n) is 7.94. The lowest BCUT2D eigenvalue weighted by atomic mass is 10.0. The van der Waals surface area contributed by atoms with Gasteiger partial charge in [-0.1, -0.05) is 18.2 Å². The third-order valence-electron chi connectivity index (χ3n) is 4.08. The topological polar surface area (TPSA) is 76.4 Å². The molecular formula is C20H17NO4S. The van der Waals surface area contributed by atoms with E-state index in [1.807, 2.05) is 37.3 Å². The highest BCUT2D eigenvalue weighted by molar-refractivity contribution is 7.95. The highest BCUT2D eigenvalue weighted by Crippen LogP contribution is 2.31. The van der Waals surface area contributed by atoms with E-state index in [4.69, 9.17) is 9.47 Å². The minimum absolute atomic E-state index is 0.0384. The van der Waals surface area contributed by atoms with Crippen LogP contribution in [0, 0.1) is 11.3 Å². The summed E-state index contributed by atoms with van der Waals surface area (Å²) in [6, 6.07) is 15.2. The molecule has 0 aliphatic carbocycles. The third-order valence-corrected chi connectivity index (χ3v) is 5.76. The highest BCUT2D eigenvalue weighted by Gasteiger charge is 2.24. The number of rotatable bonds is 4. The standard InChI is InChI=1S/C20H17NO4S/c1-14-16(11-15-5-3-4-6-20(15)25-14)12-19(13-21)26(22,23)18-9-7-17(24-2)8-10-18/h3-12,14H,1-2H3/b19-12+/t14-/m0/s1. The molecule has 1 atom stereocenters. The zero-order valence-corrected chi connectivity index (χ0v) is 15.2. The molecule has 2 aromatic rings. The number of benzene rings is 2. The van der Waals surface area contributed by atoms with E-state index in [9.17, 15) is 13.7 Å². The molecule has 132 valence electrons. The second-order valence-corrected chi connectivity index (χ2v) is 7.66. The second kappa shape index (κ2) is 7.06. The van der Waals surface area contributed by atoms with Gasteiger partial charge in [0.1, 0.15) is 28.6 Å². The summed E-state index contributed by atoms with van der Waals surface area (Å²) < 4.78 is 36.4. The van der Waals surface area contributed by atoms with Crippen LogP contribution in [0.3, 0.4) is 0 Å². The molecule has 0 amide bonds. The first-order chi connectivity index (χ1) is 12.5. The number of para-hydroxylation sites is 1. The summed E-state index contributed by atoms with van der Waals surface area (Å²) >= 11 is 0. The van der Waals surface area contributed by atoms with Gasteiger partial charge in [0.15, 0.2) is 0 Å². The molecule has 1 aliphatic heterocycles. The SMILES string of the molecule is COc1ccc(S(=O)(=O)/C(C#N)=C/C2=Cc3ccccc3O[C@H]2C)cc1. The van der Waals surface area contributed by atoms with Crippen molar-refractivity contribution in [3.63, 3.8) is 0 Å². The van der Waals surface area contributed by atoms with Gasteiger partial charge in [-0.25, -0.2) is 8.42 Å². The van der Waals surface area contributed by atoms with Crippen molar-refractivity contribution >= 4 is 15.9 Å². The summed E-state index contributed by atoms with van der Waals surface area (Å²) in [5, 5.41) is 9.45. The molecule has 0 N–H and O–H groups in total. The summed E-state index contributed by atoms with van der Waals surface area (Å²) in [7, 11) is -2.43. The Morgan fingerprint density at radius 2 is 1.88 bits per heavy atom. The van der Waals surface area contributed by atoms with Crippen molar-refractivity contribution in [3.05, 3.63) is 70.6 Å². The molecule has 0 spiro atoms. The minimum Gasteiger partial charge on any atom is -0.497 e. The summed E-state index contributed by atoms with van der Waals surface area (Å²) in [4.78, 5) is -0.291. The van der Waals surface area contributed by atoms with E-state index < -0.39 is 9.84 Å². The molecule has 6 heteroatoms. The zero-order valence-electron chi connectivity index (χ0n) is 14.3. The molecule has 0 fully saturated rings. The van der Waals surface area contributed by atoms with Crippen LogP contribution in [-0.2, 0) is 9.84 Å². The van der Waals surface area contributed by atoms with Gasteiger partial charge in [0, 0.05) is 5.56 Å². The summed E-state index contributed by atoms with van der Waals surface area (Å²) in [5.41, 5.74) is 1.47. The Hall–Kier alpha value is -3.04. The van der Waals surface area contributed by atoms with Crippen molar-refractivity contribution in [2.75, 3.05) is 7.11 Å². The van der Waals surface area contributed by atoms with Gasteiger partial charge in [0.05, 0.1) is 12.0 Å². The average molecular weight is 367 g/mol. The Balaban J connectivity index is 2.02. The van der Waals surface area contributed by atoms with Gasteiger partial charge in [-0.3, -0.25) is 0 Å². The van der Waals surface area contributed by atoms with E-state index in [0.717, 1.165) is 11.3 Å². The number of hydrogen-bond acceptors (Lipinski definition) is 5. The van der Waals surface area contributed by atoms with Crippen LogP contribution in [0.4, 0.5) is 0 Å². The van der Waals surface area contributed by atoms with Crippen molar-refractivity contribution in [1.82, 2.24) is 0 Å². The van der Waals surface area contributed by atoms with Crippen molar-refractivity contribution in [2.24, 2.45) is 0 Å². The van der Waals surface area contributed by atoms with Crippen molar-refractivity contribution < 1.29 is 17.9 Å². The summed E-state index contributed by atoms with van der Waals surface area (Å²) in [5.74, 6) is 1.27. The molecule has 1 heterocycles. The number of allylic oxidation sites excluding steroid dienone is 1. The Kier molecular flexibility index (Phi) is 4.83. The smallest absolute Gasteiger partial charge is 0.216 e. The van der Waals surface area contributed by atoms with Gasteiger partial charge in [-0.05, 0) is 55.0 Å². The van der Waals surface area contributed by atoms with E-state index in [-0.39, 0.29) is 15.9 Å². The Morgan fingerprint density at radius 3 is 2.54 bits per heavy atom. The number of methoxy groups -OCH3 is 1.